The Morgan fingerprint density at radius 1 is 1.32 bits per heavy atom. The van der Waals surface area contributed by atoms with Crippen LogP contribution in [-0.4, -0.2) is 39.3 Å². The predicted molar refractivity (Wildman–Crippen MR) is 72.8 cm³/mol. The van der Waals surface area contributed by atoms with Gasteiger partial charge in [0.05, 0.1) is 19.8 Å². The van der Waals surface area contributed by atoms with Crippen LogP contribution in [0.4, 0.5) is 0 Å². The first kappa shape index (κ1) is 13.7. The Morgan fingerprint density at radius 3 is 2.68 bits per heavy atom. The maximum atomic E-state index is 12.3. The topological polar surface area (TPSA) is 59.6 Å². The summed E-state index contributed by atoms with van der Waals surface area (Å²) in [7, 11) is 3.13. The molecule has 1 saturated heterocycles. The van der Waals surface area contributed by atoms with Crippen molar-refractivity contribution in [3.8, 4) is 11.5 Å². The van der Waals surface area contributed by atoms with Gasteiger partial charge < -0.3 is 20.1 Å². The minimum absolute atomic E-state index is 0.128. The lowest BCUT2D eigenvalue weighted by molar-refractivity contribution is 0.0929. The Hall–Kier alpha value is -1.75. The Morgan fingerprint density at radius 2 is 2.11 bits per heavy atom. The molecule has 0 bridgehead atoms. The molecule has 1 amide bonds. The fourth-order valence-corrected chi connectivity index (χ4v) is 2.24. The quantitative estimate of drug-likeness (QED) is 0.853. The summed E-state index contributed by atoms with van der Waals surface area (Å²) in [4.78, 5) is 12.3. The summed E-state index contributed by atoms with van der Waals surface area (Å²) in [5.74, 6) is 1.50. The molecule has 1 aromatic rings. The number of nitrogens with one attached hydrogen (secondary N) is 2. The maximum Gasteiger partial charge on any atom is 0.255 e. The molecule has 1 aliphatic heterocycles. The minimum atomic E-state index is -0.128. The number of amides is 1. The van der Waals surface area contributed by atoms with Gasteiger partial charge in [0.1, 0.15) is 11.5 Å². The van der Waals surface area contributed by atoms with Crippen molar-refractivity contribution in [2.45, 2.75) is 13.0 Å². The fourth-order valence-electron chi connectivity index (χ4n) is 2.24. The van der Waals surface area contributed by atoms with Crippen molar-refractivity contribution in [3.05, 3.63) is 23.8 Å². The molecule has 104 valence electrons. The summed E-state index contributed by atoms with van der Waals surface area (Å²) >= 11 is 0. The third-order valence-corrected chi connectivity index (χ3v) is 3.49. The van der Waals surface area contributed by atoms with Crippen molar-refractivity contribution in [1.82, 2.24) is 10.6 Å². The molecule has 0 saturated carbocycles. The van der Waals surface area contributed by atoms with Crippen LogP contribution in [0.5, 0.6) is 11.5 Å². The fraction of sp³-hybridized carbons (Fsp3) is 0.500. The zero-order valence-corrected chi connectivity index (χ0v) is 11.5. The van der Waals surface area contributed by atoms with Gasteiger partial charge in [-0.15, -0.1) is 0 Å². The van der Waals surface area contributed by atoms with E-state index in [1.54, 1.807) is 32.4 Å². The first-order valence-corrected chi connectivity index (χ1v) is 6.39. The van der Waals surface area contributed by atoms with Gasteiger partial charge >= 0.3 is 0 Å². The zero-order chi connectivity index (χ0) is 13.8. The third kappa shape index (κ3) is 2.98. The van der Waals surface area contributed by atoms with Crippen LogP contribution in [0.1, 0.15) is 17.3 Å². The van der Waals surface area contributed by atoms with Crippen molar-refractivity contribution < 1.29 is 14.3 Å². The molecule has 2 rings (SSSR count). The highest BCUT2D eigenvalue weighted by molar-refractivity contribution is 5.97. The van der Waals surface area contributed by atoms with E-state index in [1.807, 2.05) is 0 Å². The molecule has 1 fully saturated rings. The van der Waals surface area contributed by atoms with Gasteiger partial charge in [0.2, 0.25) is 0 Å². The standard InChI is InChI=1S/C14H20N2O3/c1-9-7-15-8-12(9)16-14(17)11-6-10(18-2)4-5-13(11)19-3/h4-6,9,12,15H,7-8H2,1-3H3,(H,16,17). The number of carbonyl (C=O) groups is 1. The van der Waals surface area contributed by atoms with E-state index >= 15 is 0 Å². The average molecular weight is 264 g/mol. The molecule has 0 aromatic heterocycles. The molecule has 1 aliphatic rings. The normalized spacial score (nSPS) is 22.1. The molecule has 2 unspecified atom stereocenters. The highest BCUT2D eigenvalue weighted by Gasteiger charge is 2.26. The number of ether oxygens (including phenoxy) is 2. The number of carbonyl (C=O) groups excluding carboxylic acids is 1. The van der Waals surface area contributed by atoms with Gasteiger partial charge in [0, 0.05) is 12.6 Å². The molecule has 5 heteroatoms. The first-order chi connectivity index (χ1) is 9.15. The van der Waals surface area contributed by atoms with E-state index in [0.29, 0.717) is 23.0 Å². The van der Waals surface area contributed by atoms with E-state index in [4.69, 9.17) is 9.47 Å². The second-order valence-corrected chi connectivity index (χ2v) is 4.78. The van der Waals surface area contributed by atoms with Crippen LogP contribution < -0.4 is 20.1 Å². The van der Waals surface area contributed by atoms with Gasteiger partial charge in [-0.05, 0) is 30.7 Å². The van der Waals surface area contributed by atoms with Crippen LogP contribution in [0.2, 0.25) is 0 Å². The summed E-state index contributed by atoms with van der Waals surface area (Å²) in [6, 6.07) is 5.36. The second-order valence-electron chi connectivity index (χ2n) is 4.78. The molecule has 0 radical (unpaired) electrons. The lowest BCUT2D eigenvalue weighted by Crippen LogP contribution is -2.39. The molecule has 0 spiro atoms. The Kier molecular flexibility index (Phi) is 4.27. The third-order valence-electron chi connectivity index (χ3n) is 3.49. The molecule has 0 aliphatic carbocycles. The number of benzene rings is 1. The molecule has 19 heavy (non-hydrogen) atoms. The van der Waals surface area contributed by atoms with Crippen molar-refractivity contribution >= 4 is 5.91 Å². The monoisotopic (exact) mass is 264 g/mol. The summed E-state index contributed by atoms with van der Waals surface area (Å²) in [5.41, 5.74) is 0.501. The Balaban J connectivity index is 2.17. The van der Waals surface area contributed by atoms with Crippen LogP contribution in [0, 0.1) is 5.92 Å². The van der Waals surface area contributed by atoms with Crippen LogP contribution in [-0.2, 0) is 0 Å². The molecular weight excluding hydrogens is 244 g/mol. The summed E-state index contributed by atoms with van der Waals surface area (Å²) in [6.45, 7) is 3.85. The highest BCUT2D eigenvalue weighted by Crippen LogP contribution is 2.24. The van der Waals surface area contributed by atoms with Gasteiger partial charge in [-0.3, -0.25) is 4.79 Å². The lowest BCUT2D eigenvalue weighted by Gasteiger charge is -2.17. The van der Waals surface area contributed by atoms with Gasteiger partial charge in [-0.25, -0.2) is 0 Å². The smallest absolute Gasteiger partial charge is 0.255 e. The Labute approximate surface area is 113 Å². The Bertz CT molecular complexity index is 462. The molecular formula is C14H20N2O3. The summed E-state index contributed by atoms with van der Waals surface area (Å²) in [5, 5.41) is 6.29. The second kappa shape index (κ2) is 5.93. The number of rotatable bonds is 4. The van der Waals surface area contributed by atoms with Crippen LogP contribution >= 0.6 is 0 Å². The van der Waals surface area contributed by atoms with Crippen LogP contribution in [0.3, 0.4) is 0 Å². The maximum absolute atomic E-state index is 12.3. The molecule has 2 atom stereocenters. The van der Waals surface area contributed by atoms with E-state index in [-0.39, 0.29) is 11.9 Å². The molecule has 1 heterocycles. The van der Waals surface area contributed by atoms with E-state index in [0.717, 1.165) is 13.1 Å². The van der Waals surface area contributed by atoms with Crippen molar-refractivity contribution in [3.63, 3.8) is 0 Å². The molecule has 5 nitrogen and oxygen atoms in total. The van der Waals surface area contributed by atoms with E-state index in [2.05, 4.69) is 17.6 Å². The van der Waals surface area contributed by atoms with Crippen LogP contribution in [0.15, 0.2) is 18.2 Å². The number of methoxy groups -OCH3 is 2. The SMILES string of the molecule is COc1ccc(OC)c(C(=O)NC2CNCC2C)c1. The van der Waals surface area contributed by atoms with E-state index < -0.39 is 0 Å². The molecule has 2 N–H and O–H groups in total. The largest absolute Gasteiger partial charge is 0.497 e. The highest BCUT2D eigenvalue weighted by atomic mass is 16.5. The predicted octanol–water partition coefficient (Wildman–Crippen LogP) is 1.04. The number of hydrogen-bond donors (Lipinski definition) is 2. The number of hydrogen-bond acceptors (Lipinski definition) is 4. The van der Waals surface area contributed by atoms with Gasteiger partial charge in [-0.2, -0.15) is 0 Å². The van der Waals surface area contributed by atoms with Gasteiger partial charge in [0.15, 0.2) is 0 Å². The van der Waals surface area contributed by atoms with E-state index in [1.165, 1.54) is 0 Å². The minimum Gasteiger partial charge on any atom is -0.497 e. The molecule has 1 aromatic carbocycles. The van der Waals surface area contributed by atoms with Gasteiger partial charge in [-0.1, -0.05) is 6.92 Å². The van der Waals surface area contributed by atoms with E-state index in [9.17, 15) is 4.79 Å². The summed E-state index contributed by atoms with van der Waals surface area (Å²) in [6.07, 6.45) is 0. The zero-order valence-electron chi connectivity index (χ0n) is 11.5. The summed E-state index contributed by atoms with van der Waals surface area (Å²) < 4.78 is 10.4. The van der Waals surface area contributed by atoms with Crippen molar-refractivity contribution in [2.75, 3.05) is 27.3 Å². The van der Waals surface area contributed by atoms with Gasteiger partial charge in [0.25, 0.3) is 5.91 Å². The van der Waals surface area contributed by atoms with Crippen molar-refractivity contribution in [1.29, 1.82) is 0 Å². The first-order valence-electron chi connectivity index (χ1n) is 6.39. The lowest BCUT2D eigenvalue weighted by atomic mass is 10.1. The van der Waals surface area contributed by atoms with Crippen LogP contribution in [0.25, 0.3) is 0 Å². The average Bonchev–Trinajstić information content (AvgIpc) is 2.83. The van der Waals surface area contributed by atoms with Crippen molar-refractivity contribution in [2.24, 2.45) is 5.92 Å².